The summed E-state index contributed by atoms with van der Waals surface area (Å²) in [5.41, 5.74) is 1.29. The van der Waals surface area contributed by atoms with Crippen molar-refractivity contribution in [3.63, 3.8) is 0 Å². The summed E-state index contributed by atoms with van der Waals surface area (Å²) in [5, 5.41) is 3.15. The van der Waals surface area contributed by atoms with Crippen molar-refractivity contribution in [3.8, 4) is 11.5 Å². The third-order valence-electron chi connectivity index (χ3n) is 4.40. The van der Waals surface area contributed by atoms with Crippen molar-refractivity contribution < 1.29 is 33.2 Å². The van der Waals surface area contributed by atoms with Crippen LogP contribution in [0, 0.1) is 0 Å². The van der Waals surface area contributed by atoms with E-state index in [0.717, 1.165) is 10.2 Å². The molecule has 0 saturated carbocycles. The molecule has 3 rings (SSSR count). The molecule has 0 aliphatic rings. The summed E-state index contributed by atoms with van der Waals surface area (Å²) >= 11 is 8.06. The number of halogens is 1. The van der Waals surface area contributed by atoms with Crippen molar-refractivity contribution in [3.05, 3.63) is 77.3 Å². The van der Waals surface area contributed by atoms with Gasteiger partial charge in [0.15, 0.2) is 0 Å². The zero-order chi connectivity index (χ0) is 22.4. The number of hydrogen-bond donors (Lipinski definition) is 1. The number of hydrogen-bond acceptors (Lipinski definition) is 5. The first-order chi connectivity index (χ1) is 14.9. The summed E-state index contributed by atoms with van der Waals surface area (Å²) in [6.45, 7) is 0.00201. The molecule has 0 heterocycles. The molecule has 0 aromatic heterocycles. The topological polar surface area (TPSA) is 67.9 Å². The maximum absolute atomic E-state index is 13.6. The van der Waals surface area contributed by atoms with Gasteiger partial charge in [-0.1, -0.05) is 0 Å². The van der Waals surface area contributed by atoms with E-state index >= 15 is 0 Å². The first-order valence-electron chi connectivity index (χ1n) is 9.17. The molecule has 3 aromatic rings. The van der Waals surface area contributed by atoms with Gasteiger partial charge in [0.05, 0.1) is 0 Å². The van der Waals surface area contributed by atoms with Gasteiger partial charge in [0.25, 0.3) is 0 Å². The number of methoxy groups -OCH3 is 2. The van der Waals surface area contributed by atoms with Crippen LogP contribution >= 0.6 is 15.9 Å². The molecule has 0 fully saturated rings. The van der Waals surface area contributed by atoms with Gasteiger partial charge < -0.3 is 0 Å². The summed E-state index contributed by atoms with van der Waals surface area (Å²) in [5.74, 6) is 0.780. The Morgan fingerprint density at radius 1 is 0.968 bits per heavy atom. The molecule has 0 radical (unpaired) electrons. The Hall–Kier alpha value is -2.33. The second kappa shape index (κ2) is 10.3. The Kier molecular flexibility index (Phi) is 7.77. The van der Waals surface area contributed by atoms with Gasteiger partial charge in [0.1, 0.15) is 0 Å². The summed E-state index contributed by atoms with van der Waals surface area (Å²) < 4.78 is 40.3. The molecule has 0 bridgehead atoms. The van der Waals surface area contributed by atoms with Gasteiger partial charge in [-0.05, 0) is 0 Å². The van der Waals surface area contributed by atoms with Gasteiger partial charge in [-0.25, -0.2) is 0 Å². The monoisotopic (exact) mass is 547 g/mol. The predicted octanol–water partition coefficient (Wildman–Crippen LogP) is 4.45. The van der Waals surface area contributed by atoms with Gasteiger partial charge in [-0.2, -0.15) is 0 Å². The number of anilines is 2. The number of sulfonamides is 1. The van der Waals surface area contributed by atoms with Gasteiger partial charge in [-0.15, -0.1) is 0 Å². The Morgan fingerprint density at radius 2 is 1.61 bits per heavy atom. The summed E-state index contributed by atoms with van der Waals surface area (Å²) in [6.07, 6.45) is 0. The van der Waals surface area contributed by atoms with Crippen LogP contribution < -0.4 is 19.1 Å². The summed E-state index contributed by atoms with van der Waals surface area (Å²) in [4.78, 5) is 0.0789. The summed E-state index contributed by atoms with van der Waals surface area (Å²) in [6, 6.07) is 20.9. The van der Waals surface area contributed by atoms with E-state index in [9.17, 15) is 8.42 Å². The Morgan fingerprint density at radius 3 is 2.26 bits per heavy atom. The average molecular weight is 548 g/mol. The number of rotatable bonds is 9. The van der Waals surface area contributed by atoms with Crippen molar-refractivity contribution in [2.75, 3.05) is 30.4 Å². The predicted molar refractivity (Wildman–Crippen MR) is 123 cm³/mol. The Bertz CT molecular complexity index is 1170. The molecule has 0 aliphatic carbocycles. The molecule has 6 nitrogen and oxygen atoms in total. The molecule has 165 valence electrons. The summed E-state index contributed by atoms with van der Waals surface area (Å²) in [7, 11) is -0.974. The van der Waals surface area contributed by atoms with E-state index in [1.54, 1.807) is 30.3 Å². The molecular formula is C22H21BrCoN2O4S. The first kappa shape index (κ1) is 23.3. The van der Waals surface area contributed by atoms with Gasteiger partial charge in [0.2, 0.25) is 0 Å². The van der Waals surface area contributed by atoms with E-state index in [0.29, 0.717) is 21.8 Å². The molecule has 0 atom stereocenters. The van der Waals surface area contributed by atoms with Gasteiger partial charge in [0, 0.05) is 0 Å². The quantitative estimate of drug-likeness (QED) is 0.428. The van der Waals surface area contributed by atoms with Crippen molar-refractivity contribution in [1.29, 1.82) is 0 Å². The fourth-order valence-corrected chi connectivity index (χ4v) is 5.11. The minimum absolute atomic E-state index is 0.00201. The molecule has 31 heavy (non-hydrogen) atoms. The van der Waals surface area contributed by atoms with Crippen LogP contribution in [0.1, 0.15) is 0 Å². The normalized spacial score (nSPS) is 11.0. The molecule has 9 heteroatoms. The van der Waals surface area contributed by atoms with Crippen LogP contribution in [0.3, 0.4) is 0 Å². The van der Waals surface area contributed by atoms with Crippen molar-refractivity contribution >= 4 is 41.9 Å². The first-order valence-corrected chi connectivity index (χ1v) is 11.9. The third-order valence-corrected chi connectivity index (χ3v) is 7.16. The van der Waals surface area contributed by atoms with Crippen molar-refractivity contribution in [1.82, 2.24) is 0 Å². The SMILES string of the molecule is COc1ccc(S(=O)(=O)N(C[C](=[Co])Nc2ccccc2Br)c2ccccc2)cc1OC. The van der Waals surface area contributed by atoms with E-state index in [4.69, 9.17) is 9.47 Å². The fraction of sp³-hybridized carbons (Fsp3) is 0.136. The number of nitrogens with zero attached hydrogens (tertiary/aromatic N) is 1. The molecule has 1 N–H and O–H groups in total. The Balaban J connectivity index is 1.97. The van der Waals surface area contributed by atoms with Gasteiger partial charge >= 0.3 is 199 Å². The van der Waals surface area contributed by atoms with Crippen molar-refractivity contribution in [2.45, 2.75) is 4.90 Å². The Labute approximate surface area is 198 Å². The molecule has 0 amide bonds. The van der Waals surface area contributed by atoms with Crippen LogP contribution in [0.5, 0.6) is 11.5 Å². The number of para-hydroxylation sites is 2. The van der Waals surface area contributed by atoms with Crippen LogP contribution in [0.4, 0.5) is 11.4 Å². The van der Waals surface area contributed by atoms with E-state index < -0.39 is 10.0 Å². The zero-order valence-electron chi connectivity index (χ0n) is 16.8. The van der Waals surface area contributed by atoms with Crippen LogP contribution in [0.2, 0.25) is 0 Å². The minimum atomic E-state index is -3.93. The zero-order valence-corrected chi connectivity index (χ0v) is 20.3. The molecule has 0 aliphatic heterocycles. The molecule has 0 unspecified atom stereocenters. The maximum atomic E-state index is 13.6. The van der Waals surface area contributed by atoms with E-state index in [1.165, 1.54) is 30.7 Å². The standard InChI is InChI=1S/C22H21BrN2O4S.Co/c1-28-21-13-12-18(16-22(21)29-2)30(26,27)25(17-8-4-3-5-9-17)15-14-24-20-11-7-6-10-19(20)23;/h3-13,16,24H,15H2,1-2H3;. The number of nitrogens with one attached hydrogen (secondary N) is 1. The average Bonchev–Trinajstić information content (AvgIpc) is 2.79. The molecule has 0 spiro atoms. The molecule has 3 aromatic carbocycles. The van der Waals surface area contributed by atoms with Crippen LogP contribution in [-0.2, 0) is 25.3 Å². The van der Waals surface area contributed by atoms with Gasteiger partial charge in [-0.3, -0.25) is 0 Å². The second-order valence-corrected chi connectivity index (χ2v) is 9.69. The van der Waals surface area contributed by atoms with E-state index in [2.05, 4.69) is 36.5 Å². The van der Waals surface area contributed by atoms with E-state index in [1.807, 2.05) is 30.3 Å². The molecular weight excluding hydrogens is 527 g/mol. The van der Waals surface area contributed by atoms with Crippen LogP contribution in [0.25, 0.3) is 0 Å². The van der Waals surface area contributed by atoms with Crippen LogP contribution in [0.15, 0.2) is 82.2 Å². The van der Waals surface area contributed by atoms with Crippen LogP contribution in [-0.4, -0.2) is 33.8 Å². The van der Waals surface area contributed by atoms with E-state index in [-0.39, 0.29) is 11.4 Å². The number of benzene rings is 3. The second-order valence-electron chi connectivity index (χ2n) is 6.35. The number of ether oxygens (including phenoxy) is 2. The molecule has 0 saturated heterocycles. The fourth-order valence-electron chi connectivity index (χ4n) is 2.88. The third kappa shape index (κ3) is 5.48. The van der Waals surface area contributed by atoms with Crippen molar-refractivity contribution in [2.24, 2.45) is 0 Å².